The molecule has 0 saturated carbocycles. The monoisotopic (exact) mass is 373 g/mol. The molecule has 1 fully saturated rings. The van der Waals surface area contributed by atoms with E-state index in [0.29, 0.717) is 6.54 Å². The summed E-state index contributed by atoms with van der Waals surface area (Å²) in [5, 5.41) is 6.12. The van der Waals surface area contributed by atoms with Crippen LogP contribution in [0.2, 0.25) is 0 Å². The number of fused-ring (bicyclic) bond motifs is 1. The number of hydrogen-bond donors (Lipinski definition) is 2. The van der Waals surface area contributed by atoms with E-state index in [1.54, 1.807) is 11.3 Å². The van der Waals surface area contributed by atoms with Gasteiger partial charge in [0.25, 0.3) is 5.92 Å². The van der Waals surface area contributed by atoms with Gasteiger partial charge in [0.1, 0.15) is 5.01 Å². The van der Waals surface area contributed by atoms with E-state index in [1.165, 1.54) is 17.7 Å². The minimum absolute atomic E-state index is 0. The summed E-state index contributed by atoms with van der Waals surface area (Å²) in [6.45, 7) is -0.0864. The molecule has 2 aliphatic rings. The number of aromatic nitrogens is 1. The zero-order chi connectivity index (χ0) is 14.2. The molecule has 4 nitrogen and oxygen atoms in total. The van der Waals surface area contributed by atoms with Crippen LogP contribution in [0.5, 0.6) is 0 Å². The molecule has 0 bridgehead atoms. The molecular weight excluding hydrogens is 355 g/mol. The van der Waals surface area contributed by atoms with Crippen molar-refractivity contribution in [3.63, 3.8) is 0 Å². The highest BCUT2D eigenvalue weighted by Gasteiger charge is 2.42. The molecule has 22 heavy (non-hydrogen) atoms. The van der Waals surface area contributed by atoms with Crippen molar-refractivity contribution in [1.82, 2.24) is 15.6 Å². The SMILES string of the molecule is Cl.Cl.O=C(NCc1nc2c(s1)CCCC2)C1CC(F)(F)CN1. The van der Waals surface area contributed by atoms with Gasteiger partial charge in [0.05, 0.1) is 24.8 Å². The van der Waals surface area contributed by atoms with Crippen molar-refractivity contribution in [1.29, 1.82) is 0 Å². The van der Waals surface area contributed by atoms with Gasteiger partial charge in [-0.15, -0.1) is 36.2 Å². The van der Waals surface area contributed by atoms with Crippen molar-refractivity contribution >= 4 is 42.1 Å². The maximum Gasteiger partial charge on any atom is 0.262 e. The van der Waals surface area contributed by atoms with Crippen LogP contribution in [0.1, 0.15) is 34.8 Å². The largest absolute Gasteiger partial charge is 0.348 e. The van der Waals surface area contributed by atoms with Gasteiger partial charge in [0.2, 0.25) is 5.91 Å². The van der Waals surface area contributed by atoms with Crippen LogP contribution in [0, 0.1) is 0 Å². The van der Waals surface area contributed by atoms with Crippen molar-refractivity contribution < 1.29 is 13.6 Å². The number of aryl methyl sites for hydroxylation is 2. The molecule has 9 heteroatoms. The topological polar surface area (TPSA) is 54.0 Å². The Labute approximate surface area is 144 Å². The Morgan fingerprint density at radius 3 is 2.73 bits per heavy atom. The molecule has 1 aliphatic heterocycles. The Kier molecular flexibility index (Phi) is 6.98. The number of alkyl halides is 2. The number of amides is 1. The Balaban J connectivity index is 0.00000121. The fraction of sp³-hybridized carbons (Fsp3) is 0.692. The van der Waals surface area contributed by atoms with E-state index >= 15 is 0 Å². The van der Waals surface area contributed by atoms with Crippen molar-refractivity contribution in [2.24, 2.45) is 0 Å². The van der Waals surface area contributed by atoms with Crippen molar-refractivity contribution in [2.45, 2.75) is 50.6 Å². The van der Waals surface area contributed by atoms with E-state index in [0.717, 1.165) is 23.5 Å². The number of halogens is 4. The smallest absolute Gasteiger partial charge is 0.262 e. The second-order valence-corrected chi connectivity index (χ2v) is 6.56. The average Bonchev–Trinajstić information content (AvgIpc) is 2.98. The zero-order valence-electron chi connectivity index (χ0n) is 11.9. The average molecular weight is 374 g/mol. The van der Waals surface area contributed by atoms with Gasteiger partial charge in [-0.1, -0.05) is 0 Å². The van der Waals surface area contributed by atoms with E-state index in [1.807, 2.05) is 0 Å². The van der Waals surface area contributed by atoms with Gasteiger partial charge in [0, 0.05) is 11.3 Å². The van der Waals surface area contributed by atoms with Crippen LogP contribution in [-0.2, 0) is 24.2 Å². The quantitative estimate of drug-likeness (QED) is 0.855. The molecule has 1 aliphatic carbocycles. The van der Waals surface area contributed by atoms with Gasteiger partial charge in [0.15, 0.2) is 0 Å². The third-order valence-electron chi connectivity index (χ3n) is 3.73. The number of hydrogen-bond acceptors (Lipinski definition) is 4. The second-order valence-electron chi connectivity index (χ2n) is 5.40. The highest BCUT2D eigenvalue weighted by atomic mass is 35.5. The van der Waals surface area contributed by atoms with Gasteiger partial charge in [-0.3, -0.25) is 10.1 Å². The zero-order valence-corrected chi connectivity index (χ0v) is 14.3. The lowest BCUT2D eigenvalue weighted by molar-refractivity contribution is -0.123. The third-order valence-corrected chi connectivity index (χ3v) is 4.89. The predicted molar refractivity (Wildman–Crippen MR) is 86.5 cm³/mol. The minimum atomic E-state index is -2.78. The fourth-order valence-electron chi connectivity index (χ4n) is 2.67. The van der Waals surface area contributed by atoms with E-state index in [4.69, 9.17) is 0 Å². The molecule has 3 rings (SSSR count). The summed E-state index contributed by atoms with van der Waals surface area (Å²) in [5.74, 6) is -3.14. The molecule has 0 spiro atoms. The van der Waals surface area contributed by atoms with Crippen molar-refractivity contribution in [3.8, 4) is 0 Å². The molecule has 1 unspecified atom stereocenters. The van der Waals surface area contributed by atoms with E-state index in [9.17, 15) is 13.6 Å². The van der Waals surface area contributed by atoms with Crippen LogP contribution >= 0.6 is 36.2 Å². The fourth-order valence-corrected chi connectivity index (χ4v) is 3.76. The van der Waals surface area contributed by atoms with Gasteiger partial charge in [-0.05, 0) is 25.7 Å². The summed E-state index contributed by atoms with van der Waals surface area (Å²) in [4.78, 5) is 17.6. The lowest BCUT2D eigenvalue weighted by Crippen LogP contribution is -2.40. The van der Waals surface area contributed by atoms with E-state index in [-0.39, 0.29) is 30.7 Å². The number of carbonyl (C=O) groups excluding carboxylic acids is 1. The van der Waals surface area contributed by atoms with Crippen molar-refractivity contribution in [2.75, 3.05) is 6.54 Å². The molecule has 2 N–H and O–H groups in total. The van der Waals surface area contributed by atoms with Gasteiger partial charge < -0.3 is 5.32 Å². The summed E-state index contributed by atoms with van der Waals surface area (Å²) in [5.41, 5.74) is 1.15. The number of rotatable bonds is 3. The Hall–Kier alpha value is -0.500. The first-order valence-electron chi connectivity index (χ1n) is 6.90. The number of nitrogens with one attached hydrogen (secondary N) is 2. The van der Waals surface area contributed by atoms with Crippen LogP contribution in [0.3, 0.4) is 0 Å². The van der Waals surface area contributed by atoms with Gasteiger partial charge in [-0.25, -0.2) is 13.8 Å². The molecule has 1 atom stereocenters. The Morgan fingerprint density at radius 2 is 2.09 bits per heavy atom. The minimum Gasteiger partial charge on any atom is -0.348 e. The molecule has 1 saturated heterocycles. The number of thiazole rings is 1. The maximum atomic E-state index is 13.0. The van der Waals surface area contributed by atoms with Crippen LogP contribution in [-0.4, -0.2) is 29.4 Å². The highest BCUT2D eigenvalue weighted by Crippen LogP contribution is 2.27. The molecule has 0 radical (unpaired) electrons. The summed E-state index contributed by atoms with van der Waals surface area (Å²) < 4.78 is 26.0. The van der Waals surface area contributed by atoms with Gasteiger partial charge >= 0.3 is 0 Å². The first kappa shape index (κ1) is 19.5. The van der Waals surface area contributed by atoms with E-state index in [2.05, 4.69) is 15.6 Å². The first-order valence-corrected chi connectivity index (χ1v) is 7.71. The molecule has 126 valence electrons. The summed E-state index contributed by atoms with van der Waals surface area (Å²) in [6, 6.07) is -0.792. The van der Waals surface area contributed by atoms with Crippen molar-refractivity contribution in [3.05, 3.63) is 15.6 Å². The molecular formula is C13H19Cl2F2N3OS. The number of carbonyl (C=O) groups is 1. The Bertz CT molecular complexity index is 504. The summed E-state index contributed by atoms with van der Waals surface area (Å²) in [6.07, 6.45) is 4.02. The molecule has 0 aromatic carbocycles. The highest BCUT2D eigenvalue weighted by molar-refractivity contribution is 7.11. The van der Waals surface area contributed by atoms with E-state index < -0.39 is 24.9 Å². The Morgan fingerprint density at radius 1 is 1.36 bits per heavy atom. The predicted octanol–water partition coefficient (Wildman–Crippen LogP) is 2.48. The second kappa shape index (κ2) is 7.86. The summed E-state index contributed by atoms with van der Waals surface area (Å²) in [7, 11) is 0. The lowest BCUT2D eigenvalue weighted by atomic mass is 10.0. The van der Waals surface area contributed by atoms with Crippen LogP contribution in [0.4, 0.5) is 8.78 Å². The van der Waals surface area contributed by atoms with Crippen LogP contribution < -0.4 is 10.6 Å². The van der Waals surface area contributed by atoms with Crippen LogP contribution in [0.25, 0.3) is 0 Å². The first-order chi connectivity index (χ1) is 9.53. The maximum absolute atomic E-state index is 13.0. The third kappa shape index (κ3) is 4.50. The lowest BCUT2D eigenvalue weighted by Gasteiger charge is -2.09. The molecule has 2 heterocycles. The van der Waals surface area contributed by atoms with Gasteiger partial charge in [-0.2, -0.15) is 0 Å². The molecule has 1 aromatic heterocycles. The normalized spacial score (nSPS) is 22.2. The standard InChI is InChI=1S/C13H17F2N3OS.2ClH/c14-13(15)5-9(17-7-13)12(19)16-6-11-18-8-3-1-2-4-10(8)20-11;;/h9,17H,1-7H2,(H,16,19);2*1H. The van der Waals surface area contributed by atoms with Crippen LogP contribution in [0.15, 0.2) is 0 Å². The molecule has 1 aromatic rings. The molecule has 1 amide bonds. The number of nitrogens with zero attached hydrogens (tertiary/aromatic N) is 1. The summed E-state index contributed by atoms with van der Waals surface area (Å²) >= 11 is 1.63.